The first-order chi connectivity index (χ1) is 17.9. The van der Waals surface area contributed by atoms with Crippen molar-refractivity contribution in [3.05, 3.63) is 120 Å². The van der Waals surface area contributed by atoms with E-state index in [0.717, 1.165) is 0 Å². The Morgan fingerprint density at radius 2 is 1.21 bits per heavy atom. The number of hydrogen-bond donors (Lipinski definition) is 3. The van der Waals surface area contributed by atoms with Crippen LogP contribution in [0.15, 0.2) is 103 Å². The Hall–Kier alpha value is -4.04. The molecule has 0 radical (unpaired) electrons. The fraction of sp³-hybridized carbons (Fsp3) is 0.226. The van der Waals surface area contributed by atoms with E-state index >= 15 is 0 Å². The molecule has 0 saturated heterocycles. The molecule has 4 N–H and O–H groups in total. The minimum atomic E-state index is -1.90. The first kappa shape index (κ1) is 30.2. The van der Waals surface area contributed by atoms with E-state index in [1.54, 1.807) is 42.5 Å². The summed E-state index contributed by atoms with van der Waals surface area (Å²) in [6.45, 7) is 4.62. The number of aliphatic carboxylic acids is 1. The van der Waals surface area contributed by atoms with Crippen LogP contribution >= 0.6 is 0 Å². The molecule has 3 atom stereocenters. The maximum absolute atomic E-state index is 11.2. The van der Waals surface area contributed by atoms with E-state index in [1.165, 1.54) is 49.4 Å². The summed E-state index contributed by atoms with van der Waals surface area (Å²) in [7, 11) is 1.25. The molecule has 7 heteroatoms. The second-order valence-electron chi connectivity index (χ2n) is 9.01. The average molecular weight is 517 g/mol. The summed E-state index contributed by atoms with van der Waals surface area (Å²) < 4.78 is 4.48. The molecule has 0 bridgehead atoms. The number of hydrogen-bond acceptors (Lipinski definition) is 7. The normalized spacial score (nSPS) is 14.3. The van der Waals surface area contributed by atoms with Crippen molar-refractivity contribution in [3.8, 4) is 0 Å². The molecule has 0 fully saturated rings. The van der Waals surface area contributed by atoms with Crippen molar-refractivity contribution in [1.29, 1.82) is 0 Å². The van der Waals surface area contributed by atoms with Crippen LogP contribution in [0.2, 0.25) is 0 Å². The Kier molecular flexibility index (Phi) is 10.7. The first-order valence-electron chi connectivity index (χ1n) is 12.0. The van der Waals surface area contributed by atoms with Crippen molar-refractivity contribution in [2.24, 2.45) is 5.73 Å². The molecule has 38 heavy (non-hydrogen) atoms. The van der Waals surface area contributed by atoms with Crippen LogP contribution in [0.5, 0.6) is 0 Å². The number of fused-ring (bicyclic) bond motifs is 1. The fourth-order valence-corrected chi connectivity index (χ4v) is 3.61. The second-order valence-corrected chi connectivity index (χ2v) is 9.01. The van der Waals surface area contributed by atoms with Gasteiger partial charge in [0.1, 0.15) is 5.60 Å². The minimum absolute atomic E-state index is 0.103. The van der Waals surface area contributed by atoms with Gasteiger partial charge in [-0.05, 0) is 48.2 Å². The second kappa shape index (κ2) is 13.5. The van der Waals surface area contributed by atoms with Gasteiger partial charge in [0.25, 0.3) is 0 Å². The molecule has 0 unspecified atom stereocenters. The lowest BCUT2D eigenvalue weighted by Crippen LogP contribution is -2.43. The number of carbonyl (C=O) groups excluding carboxylic acids is 2. The first-order valence-corrected chi connectivity index (χ1v) is 12.0. The highest BCUT2D eigenvalue weighted by Gasteiger charge is 2.33. The molecule has 0 aliphatic rings. The number of nitrogens with two attached hydrogens (primary N) is 1. The minimum Gasteiger partial charge on any atom is -0.547 e. The van der Waals surface area contributed by atoms with Crippen LogP contribution < -0.4 is 10.8 Å². The zero-order valence-electron chi connectivity index (χ0n) is 22.0. The van der Waals surface area contributed by atoms with Gasteiger partial charge in [-0.15, -0.1) is 0 Å². The predicted molar refractivity (Wildman–Crippen MR) is 146 cm³/mol. The highest BCUT2D eigenvalue weighted by Crippen LogP contribution is 2.23. The molecule has 0 amide bonds. The Balaban J connectivity index is 0.000000200. The van der Waals surface area contributed by atoms with E-state index in [1.807, 2.05) is 25.1 Å². The van der Waals surface area contributed by atoms with Gasteiger partial charge in [-0.3, -0.25) is 0 Å². The van der Waals surface area contributed by atoms with Crippen LogP contribution in [0.4, 0.5) is 0 Å². The molecule has 0 aromatic heterocycles. The lowest BCUT2D eigenvalue weighted by Gasteiger charge is -2.24. The third-order valence-electron chi connectivity index (χ3n) is 5.97. The maximum atomic E-state index is 11.2. The van der Waals surface area contributed by atoms with Crippen molar-refractivity contribution in [2.45, 2.75) is 38.0 Å². The van der Waals surface area contributed by atoms with E-state index in [9.17, 15) is 24.9 Å². The molecule has 0 aliphatic heterocycles. The van der Waals surface area contributed by atoms with Gasteiger partial charge < -0.3 is 30.6 Å². The van der Waals surface area contributed by atoms with E-state index in [0.29, 0.717) is 11.1 Å². The third kappa shape index (κ3) is 7.73. The third-order valence-corrected chi connectivity index (χ3v) is 5.97. The number of methoxy groups -OCH3 is 1. The molecule has 0 aliphatic carbocycles. The van der Waals surface area contributed by atoms with Crippen LogP contribution in [0.1, 0.15) is 43.5 Å². The number of carbonyl (C=O) groups is 2. The van der Waals surface area contributed by atoms with Crippen LogP contribution in [-0.4, -0.2) is 29.3 Å². The molecule has 4 rings (SSSR count). The molecule has 0 spiro atoms. The van der Waals surface area contributed by atoms with Gasteiger partial charge in [-0.1, -0.05) is 103 Å². The van der Waals surface area contributed by atoms with E-state index in [2.05, 4.69) is 35.1 Å². The van der Waals surface area contributed by atoms with Crippen LogP contribution in [0.25, 0.3) is 10.8 Å². The molecule has 4 aromatic rings. The zero-order valence-corrected chi connectivity index (χ0v) is 22.0. The highest BCUT2D eigenvalue weighted by atomic mass is 16.5. The topological polar surface area (TPSA) is 133 Å². The maximum Gasteiger partial charge on any atom is 0.342 e. The fourth-order valence-electron chi connectivity index (χ4n) is 3.61. The van der Waals surface area contributed by atoms with Gasteiger partial charge in [0, 0.05) is 6.04 Å². The van der Waals surface area contributed by atoms with Gasteiger partial charge >= 0.3 is 5.97 Å². The van der Waals surface area contributed by atoms with Crippen LogP contribution in [-0.2, 0) is 25.5 Å². The van der Waals surface area contributed by atoms with Crippen LogP contribution in [0.3, 0.4) is 0 Å². The van der Waals surface area contributed by atoms with Crippen molar-refractivity contribution < 1.29 is 29.6 Å². The van der Waals surface area contributed by atoms with Gasteiger partial charge in [0.15, 0.2) is 5.60 Å². The zero-order chi connectivity index (χ0) is 28.3. The standard InChI is InChI=1S/C12H13N.C10H12O3.C9H10O3/c1-9(13)11-8-4-6-10-5-2-3-7-12(10)11;1-10(12,9(11)13-2)8-6-4-3-5-7-8;1-9(12,8(10)11)7-5-3-2-4-6-7/h2-9H,13H2,1H3;3-7,12H,1-2H3;2-6,12H,1H3,(H,10,11)/p-1/t9-;10-;9-/m000/s1. The molecule has 0 saturated carbocycles. The van der Waals surface area contributed by atoms with Crippen molar-refractivity contribution in [2.75, 3.05) is 7.11 Å². The molecule has 7 nitrogen and oxygen atoms in total. The van der Waals surface area contributed by atoms with E-state index < -0.39 is 23.1 Å². The molecular formula is C31H34NO6-. The van der Waals surface area contributed by atoms with Gasteiger partial charge in [-0.2, -0.15) is 0 Å². The summed E-state index contributed by atoms with van der Waals surface area (Å²) in [4.78, 5) is 21.6. The number of ether oxygens (including phenoxy) is 1. The van der Waals surface area contributed by atoms with Crippen LogP contribution in [0, 0.1) is 0 Å². The predicted octanol–water partition coefficient (Wildman–Crippen LogP) is 3.57. The summed E-state index contributed by atoms with van der Waals surface area (Å²) in [5, 5.41) is 32.2. The Bertz CT molecular complexity index is 1310. The smallest absolute Gasteiger partial charge is 0.342 e. The van der Waals surface area contributed by atoms with Gasteiger partial charge in [0.2, 0.25) is 0 Å². The Morgan fingerprint density at radius 3 is 1.68 bits per heavy atom. The molecule has 4 aromatic carbocycles. The Labute approximate surface area is 223 Å². The van der Waals surface area contributed by atoms with E-state index in [-0.39, 0.29) is 6.04 Å². The summed E-state index contributed by atoms with van der Waals surface area (Å²) in [6.07, 6.45) is 0. The summed E-state index contributed by atoms with van der Waals surface area (Å²) >= 11 is 0. The van der Waals surface area contributed by atoms with Crippen molar-refractivity contribution in [1.82, 2.24) is 0 Å². The monoisotopic (exact) mass is 516 g/mol. The largest absolute Gasteiger partial charge is 0.547 e. The number of rotatable bonds is 5. The van der Waals surface area contributed by atoms with Gasteiger partial charge in [0.05, 0.1) is 13.1 Å². The molecule has 0 heterocycles. The quantitative estimate of drug-likeness (QED) is 0.345. The number of aliphatic hydroxyl groups is 2. The average Bonchev–Trinajstić information content (AvgIpc) is 2.93. The Morgan fingerprint density at radius 1 is 0.763 bits per heavy atom. The number of benzene rings is 4. The lowest BCUT2D eigenvalue weighted by atomic mass is 9.96. The molecule has 200 valence electrons. The van der Waals surface area contributed by atoms with Crippen molar-refractivity contribution in [3.63, 3.8) is 0 Å². The highest BCUT2D eigenvalue weighted by molar-refractivity contribution is 5.86. The summed E-state index contributed by atoms with van der Waals surface area (Å²) in [5.74, 6) is -2.15. The molecular weight excluding hydrogens is 482 g/mol. The number of carboxylic acid groups (broad SMARTS) is 1. The van der Waals surface area contributed by atoms with Crippen molar-refractivity contribution >= 4 is 22.7 Å². The number of esters is 1. The number of carboxylic acids is 1. The summed E-state index contributed by atoms with van der Waals surface area (Å²) in [6, 6.07) is 31.5. The lowest BCUT2D eigenvalue weighted by molar-refractivity contribution is -0.324. The SMILES string of the molecule is COC(=O)[C@@](C)(O)c1ccccc1.C[C@@](O)(C(=O)[O-])c1ccccc1.C[C@H](N)c1cccc2ccccc12. The van der Waals surface area contributed by atoms with E-state index in [4.69, 9.17) is 5.73 Å². The summed E-state index contributed by atoms with van der Waals surface area (Å²) in [5.41, 5.74) is 4.49. The van der Waals surface area contributed by atoms with Gasteiger partial charge in [-0.25, -0.2) is 4.79 Å².